The van der Waals surface area contributed by atoms with Crippen molar-refractivity contribution in [3.63, 3.8) is 0 Å². The van der Waals surface area contributed by atoms with Crippen LogP contribution < -0.4 is 4.31 Å². The van der Waals surface area contributed by atoms with Crippen LogP contribution in [0.1, 0.15) is 5.56 Å². The highest BCUT2D eigenvalue weighted by Crippen LogP contribution is 2.31. The van der Waals surface area contributed by atoms with Crippen molar-refractivity contribution in [2.75, 3.05) is 10.8 Å². The molecule has 0 aliphatic carbocycles. The Balaban J connectivity index is 2.69. The number of hydrogen-bond acceptors (Lipinski definition) is 5. The number of anilines is 1. The second kappa shape index (κ2) is 7.48. The molecule has 0 saturated heterocycles. The molecule has 138 valence electrons. The van der Waals surface area contributed by atoms with Crippen LogP contribution in [0.4, 0.5) is 11.4 Å². The van der Waals surface area contributed by atoms with E-state index in [4.69, 9.17) is 28.3 Å². The summed E-state index contributed by atoms with van der Waals surface area (Å²) in [7, 11) is -4.44. The van der Waals surface area contributed by atoms with Crippen molar-refractivity contribution in [3.05, 3.63) is 62.1 Å². The molecule has 26 heavy (non-hydrogen) atoms. The van der Waals surface area contributed by atoms with Crippen molar-refractivity contribution in [2.45, 2.75) is 11.8 Å². The van der Waals surface area contributed by atoms with Crippen LogP contribution in [0.3, 0.4) is 0 Å². The zero-order valence-electron chi connectivity index (χ0n) is 13.2. The average molecular weight is 419 g/mol. The number of aliphatic carboxylic acids is 1. The highest BCUT2D eigenvalue weighted by Gasteiger charge is 2.30. The second-order valence-corrected chi connectivity index (χ2v) is 7.94. The van der Waals surface area contributed by atoms with Gasteiger partial charge >= 0.3 is 5.97 Å². The molecule has 0 heterocycles. The van der Waals surface area contributed by atoms with Gasteiger partial charge < -0.3 is 5.11 Å². The molecule has 11 heteroatoms. The molecule has 2 rings (SSSR count). The fourth-order valence-corrected chi connectivity index (χ4v) is 4.38. The Kier molecular flexibility index (Phi) is 5.74. The van der Waals surface area contributed by atoms with E-state index >= 15 is 0 Å². The van der Waals surface area contributed by atoms with Gasteiger partial charge in [0.15, 0.2) is 0 Å². The van der Waals surface area contributed by atoms with Crippen LogP contribution in [-0.4, -0.2) is 31.0 Å². The zero-order valence-corrected chi connectivity index (χ0v) is 15.5. The molecule has 0 radical (unpaired) electrons. The van der Waals surface area contributed by atoms with Crippen molar-refractivity contribution >= 4 is 50.6 Å². The molecular weight excluding hydrogens is 407 g/mol. The van der Waals surface area contributed by atoms with Crippen molar-refractivity contribution in [1.82, 2.24) is 0 Å². The number of carbonyl (C=O) groups is 1. The zero-order chi connectivity index (χ0) is 19.6. The van der Waals surface area contributed by atoms with Crippen LogP contribution in [0, 0.1) is 17.0 Å². The lowest BCUT2D eigenvalue weighted by Gasteiger charge is -2.24. The number of nitro benzene ring substituents is 1. The number of benzene rings is 2. The molecule has 2 aromatic rings. The van der Waals surface area contributed by atoms with Crippen molar-refractivity contribution < 1.29 is 23.2 Å². The molecule has 2 aromatic carbocycles. The summed E-state index contributed by atoms with van der Waals surface area (Å²) in [4.78, 5) is 21.1. The number of aryl methyl sites for hydroxylation is 1. The maximum absolute atomic E-state index is 13.0. The third-order valence-corrected chi connectivity index (χ3v) is 5.72. The lowest BCUT2D eigenvalue weighted by atomic mass is 10.2. The summed E-state index contributed by atoms with van der Waals surface area (Å²) in [5.41, 5.74) is -0.288. The SMILES string of the molecule is Cc1ccc([N+](=O)[O-])cc1S(=O)(=O)N(CC(=O)O)c1cc(Cl)cc(Cl)c1. The number of nitrogens with zero attached hydrogens (tertiary/aromatic N) is 2. The van der Waals surface area contributed by atoms with Crippen LogP contribution in [0.5, 0.6) is 0 Å². The van der Waals surface area contributed by atoms with Gasteiger partial charge in [-0.25, -0.2) is 8.42 Å². The Morgan fingerprint density at radius 1 is 1.19 bits per heavy atom. The number of nitro groups is 1. The largest absolute Gasteiger partial charge is 0.480 e. The smallest absolute Gasteiger partial charge is 0.324 e. The minimum absolute atomic E-state index is 0.0733. The van der Waals surface area contributed by atoms with Gasteiger partial charge in [-0.3, -0.25) is 19.2 Å². The van der Waals surface area contributed by atoms with Crippen LogP contribution in [0.2, 0.25) is 10.0 Å². The van der Waals surface area contributed by atoms with Crippen molar-refractivity contribution in [3.8, 4) is 0 Å². The first-order valence-electron chi connectivity index (χ1n) is 6.98. The predicted octanol–water partition coefficient (Wildman–Crippen LogP) is 3.49. The highest BCUT2D eigenvalue weighted by atomic mass is 35.5. The highest BCUT2D eigenvalue weighted by molar-refractivity contribution is 7.93. The average Bonchev–Trinajstić information content (AvgIpc) is 2.51. The van der Waals surface area contributed by atoms with E-state index < -0.39 is 33.1 Å². The van der Waals surface area contributed by atoms with Gasteiger partial charge in [-0.1, -0.05) is 29.3 Å². The number of halogens is 2. The molecule has 1 N–H and O–H groups in total. The van der Waals surface area contributed by atoms with Gasteiger partial charge in [0, 0.05) is 22.2 Å². The van der Waals surface area contributed by atoms with Crippen molar-refractivity contribution in [1.29, 1.82) is 0 Å². The Bertz CT molecular complexity index is 973. The van der Waals surface area contributed by atoms with E-state index in [1.54, 1.807) is 0 Å². The Morgan fingerprint density at radius 2 is 1.77 bits per heavy atom. The Labute approximate surface area is 158 Å². The van der Waals surface area contributed by atoms with Gasteiger partial charge in [0.1, 0.15) is 6.54 Å². The fourth-order valence-electron chi connectivity index (χ4n) is 2.22. The molecule has 8 nitrogen and oxygen atoms in total. The molecule has 0 atom stereocenters. The number of carboxylic acids is 1. The molecule has 0 aliphatic rings. The Morgan fingerprint density at radius 3 is 2.27 bits per heavy atom. The first-order valence-corrected chi connectivity index (χ1v) is 9.17. The van der Waals surface area contributed by atoms with E-state index in [2.05, 4.69) is 0 Å². The number of non-ortho nitro benzene ring substituents is 1. The fraction of sp³-hybridized carbons (Fsp3) is 0.133. The molecule has 0 bridgehead atoms. The van der Waals surface area contributed by atoms with Crippen LogP contribution >= 0.6 is 23.2 Å². The van der Waals surface area contributed by atoms with Crippen molar-refractivity contribution in [2.24, 2.45) is 0 Å². The van der Waals surface area contributed by atoms with Gasteiger partial charge in [0.2, 0.25) is 0 Å². The van der Waals surface area contributed by atoms with Gasteiger partial charge in [0.25, 0.3) is 15.7 Å². The molecular formula is C15H12Cl2N2O6S. The topological polar surface area (TPSA) is 118 Å². The molecule has 0 saturated carbocycles. The lowest BCUT2D eigenvalue weighted by molar-refractivity contribution is -0.385. The normalized spacial score (nSPS) is 11.2. The van der Waals surface area contributed by atoms with E-state index in [1.165, 1.54) is 31.2 Å². The summed E-state index contributed by atoms with van der Waals surface area (Å²) in [5, 5.41) is 20.3. The summed E-state index contributed by atoms with van der Waals surface area (Å²) < 4.78 is 26.7. The standard InChI is InChI=1S/C15H12Cl2N2O6S/c1-9-2-3-12(19(22)23)7-14(9)26(24,25)18(8-15(20)21)13-5-10(16)4-11(17)6-13/h2-7H,8H2,1H3,(H,20,21). The number of carboxylic acid groups (broad SMARTS) is 1. The van der Waals surface area contributed by atoms with Gasteiger partial charge in [-0.15, -0.1) is 0 Å². The molecule has 0 spiro atoms. The molecule has 0 aliphatic heterocycles. The Hall–Kier alpha value is -2.36. The van der Waals surface area contributed by atoms with Crippen LogP contribution in [0.15, 0.2) is 41.3 Å². The summed E-state index contributed by atoms with van der Waals surface area (Å²) in [6, 6.07) is 7.14. The summed E-state index contributed by atoms with van der Waals surface area (Å²) >= 11 is 11.8. The summed E-state index contributed by atoms with van der Waals surface area (Å²) in [6.07, 6.45) is 0. The molecule has 0 aromatic heterocycles. The number of hydrogen-bond donors (Lipinski definition) is 1. The monoisotopic (exact) mass is 418 g/mol. The first-order chi connectivity index (χ1) is 12.0. The maximum atomic E-state index is 13.0. The molecule has 0 amide bonds. The van der Waals surface area contributed by atoms with E-state index in [1.807, 2.05) is 0 Å². The predicted molar refractivity (Wildman–Crippen MR) is 96.5 cm³/mol. The quantitative estimate of drug-likeness (QED) is 0.566. The number of sulfonamides is 1. The van der Waals surface area contributed by atoms with Gasteiger partial charge in [0.05, 0.1) is 15.5 Å². The van der Waals surface area contributed by atoms with E-state index in [0.717, 1.165) is 12.1 Å². The van der Waals surface area contributed by atoms with Gasteiger partial charge in [-0.05, 0) is 30.7 Å². The number of rotatable bonds is 6. The van der Waals surface area contributed by atoms with Crippen LogP contribution in [0.25, 0.3) is 0 Å². The molecule has 0 fully saturated rings. The van der Waals surface area contributed by atoms with Gasteiger partial charge in [-0.2, -0.15) is 0 Å². The van der Waals surface area contributed by atoms with E-state index in [9.17, 15) is 23.3 Å². The molecule has 0 unspecified atom stereocenters. The first kappa shape index (κ1) is 20.0. The second-order valence-electron chi connectivity index (χ2n) is 5.24. The van der Waals surface area contributed by atoms with E-state index in [-0.39, 0.29) is 26.2 Å². The summed E-state index contributed by atoms with van der Waals surface area (Å²) in [5.74, 6) is -1.42. The van der Waals surface area contributed by atoms with E-state index in [0.29, 0.717) is 4.31 Å². The minimum atomic E-state index is -4.44. The summed E-state index contributed by atoms with van der Waals surface area (Å²) in [6.45, 7) is 0.529. The lowest BCUT2D eigenvalue weighted by Crippen LogP contribution is -2.36. The van der Waals surface area contributed by atoms with Crippen LogP contribution in [-0.2, 0) is 14.8 Å². The third kappa shape index (κ3) is 4.24. The third-order valence-electron chi connectivity index (χ3n) is 3.36. The minimum Gasteiger partial charge on any atom is -0.480 e. The maximum Gasteiger partial charge on any atom is 0.324 e.